The number of carbonyl (C=O) groups is 1. The average molecular weight is 608 g/mol. The van der Waals surface area contributed by atoms with Crippen LogP contribution in [0.2, 0.25) is 0 Å². The van der Waals surface area contributed by atoms with E-state index in [1.807, 2.05) is 24.3 Å². The SMILES string of the molecule is COc1ccc(/C(C#N)=C/c2ccc(N3CCC(OC(=O)CN4CCC(O)CC4)CC3)s2)cc1OC.CS(=O)(=O)O. The summed E-state index contributed by atoms with van der Waals surface area (Å²) in [5, 5.41) is 20.5. The average Bonchev–Trinajstić information content (AvgIpc) is 3.40. The summed E-state index contributed by atoms with van der Waals surface area (Å²) in [6.07, 6.45) is 5.33. The van der Waals surface area contributed by atoms with Crippen LogP contribution in [0.15, 0.2) is 30.3 Å². The molecule has 0 radical (unpaired) electrons. The van der Waals surface area contributed by atoms with Crippen molar-refractivity contribution in [3.63, 3.8) is 0 Å². The van der Waals surface area contributed by atoms with Crippen molar-refractivity contribution in [2.45, 2.75) is 37.9 Å². The van der Waals surface area contributed by atoms with Crippen LogP contribution in [0.5, 0.6) is 11.5 Å². The van der Waals surface area contributed by atoms with E-state index >= 15 is 0 Å². The fraction of sp³-hybridized carbons (Fsp3) is 0.500. The molecule has 0 unspecified atom stereocenters. The second-order valence-corrected chi connectivity index (χ2v) is 12.4. The molecular weight excluding hydrogens is 570 g/mol. The summed E-state index contributed by atoms with van der Waals surface area (Å²) in [6, 6.07) is 11.9. The van der Waals surface area contributed by atoms with E-state index in [2.05, 4.69) is 21.9 Å². The van der Waals surface area contributed by atoms with Crippen LogP contribution in [0.25, 0.3) is 11.6 Å². The molecule has 224 valence electrons. The van der Waals surface area contributed by atoms with Crippen molar-refractivity contribution >= 4 is 44.1 Å². The standard InChI is InChI=1S/C27H33N3O5S.CH4O3S/c1-33-24-5-3-19(16-25(24)34-2)20(17-28)15-23-4-6-26(36-23)30-13-9-22(10-14-30)35-27(32)18-29-11-7-21(31)8-12-29;1-5(2,3)4/h3-6,15-16,21-22,31H,7-14,18H2,1-2H3;1H3,(H,2,3,4)/b20-15+;. The molecule has 2 aromatic rings. The van der Waals surface area contributed by atoms with Crippen LogP contribution in [-0.4, -0.2) is 94.4 Å². The summed E-state index contributed by atoms with van der Waals surface area (Å²) in [5.74, 6) is 1.03. The van der Waals surface area contributed by atoms with E-state index < -0.39 is 10.1 Å². The predicted molar refractivity (Wildman–Crippen MR) is 158 cm³/mol. The first-order valence-electron chi connectivity index (χ1n) is 13.2. The van der Waals surface area contributed by atoms with Gasteiger partial charge in [0.1, 0.15) is 6.10 Å². The molecule has 4 rings (SSSR count). The zero-order valence-corrected chi connectivity index (χ0v) is 25.1. The Morgan fingerprint density at radius 2 is 1.71 bits per heavy atom. The van der Waals surface area contributed by atoms with Gasteiger partial charge in [-0.05, 0) is 54.8 Å². The van der Waals surface area contributed by atoms with Gasteiger partial charge < -0.3 is 24.2 Å². The molecule has 0 amide bonds. The summed E-state index contributed by atoms with van der Waals surface area (Å²) >= 11 is 1.64. The summed E-state index contributed by atoms with van der Waals surface area (Å²) in [4.78, 5) is 17.7. The Hall–Kier alpha value is -3.15. The Morgan fingerprint density at radius 1 is 1.07 bits per heavy atom. The van der Waals surface area contributed by atoms with E-state index in [1.165, 1.54) is 0 Å². The van der Waals surface area contributed by atoms with Gasteiger partial charge in [0.2, 0.25) is 0 Å². The molecule has 2 saturated heterocycles. The molecule has 1 aromatic carbocycles. The van der Waals surface area contributed by atoms with Crippen molar-refractivity contribution in [2.75, 3.05) is 58.1 Å². The molecule has 2 aliphatic heterocycles. The van der Waals surface area contributed by atoms with E-state index in [0.29, 0.717) is 42.7 Å². The topological polar surface area (TPSA) is 150 Å². The number of nitrogens with zero attached hydrogens (tertiary/aromatic N) is 3. The number of hydrogen-bond acceptors (Lipinski definition) is 11. The van der Waals surface area contributed by atoms with E-state index in [4.69, 9.17) is 18.8 Å². The lowest BCUT2D eigenvalue weighted by Crippen LogP contribution is -2.42. The van der Waals surface area contributed by atoms with Gasteiger partial charge in [-0.25, -0.2) is 0 Å². The van der Waals surface area contributed by atoms with Crippen molar-refractivity contribution in [3.05, 3.63) is 40.8 Å². The molecule has 0 saturated carbocycles. The van der Waals surface area contributed by atoms with Gasteiger partial charge in [0.05, 0.1) is 49.8 Å². The van der Waals surface area contributed by atoms with Gasteiger partial charge in [0.25, 0.3) is 10.1 Å². The summed E-state index contributed by atoms with van der Waals surface area (Å²) in [6.45, 7) is 3.41. The van der Waals surface area contributed by atoms with Crippen LogP contribution in [-0.2, 0) is 19.6 Å². The predicted octanol–water partition coefficient (Wildman–Crippen LogP) is 3.30. The van der Waals surface area contributed by atoms with Crippen molar-refractivity contribution in [1.29, 1.82) is 5.26 Å². The Labute approximate surface area is 245 Å². The number of thiophene rings is 1. The number of methoxy groups -OCH3 is 2. The minimum Gasteiger partial charge on any atom is -0.493 e. The molecule has 41 heavy (non-hydrogen) atoms. The Bertz CT molecular complexity index is 1330. The zero-order valence-electron chi connectivity index (χ0n) is 23.5. The molecule has 2 N–H and O–H groups in total. The summed E-state index contributed by atoms with van der Waals surface area (Å²) < 4.78 is 42.3. The van der Waals surface area contributed by atoms with E-state index in [-0.39, 0.29) is 18.2 Å². The lowest BCUT2D eigenvalue weighted by Gasteiger charge is -2.33. The van der Waals surface area contributed by atoms with E-state index in [0.717, 1.165) is 54.5 Å². The quantitative estimate of drug-likeness (QED) is 0.259. The van der Waals surface area contributed by atoms with Crippen LogP contribution in [0.4, 0.5) is 5.00 Å². The Balaban J connectivity index is 0.000000850. The maximum atomic E-state index is 12.4. The number of anilines is 1. The second kappa shape index (κ2) is 15.2. The molecule has 0 atom stereocenters. The first-order chi connectivity index (χ1) is 19.5. The fourth-order valence-corrected chi connectivity index (χ4v) is 5.60. The number of esters is 1. The smallest absolute Gasteiger partial charge is 0.320 e. The van der Waals surface area contributed by atoms with E-state index in [1.54, 1.807) is 31.6 Å². The van der Waals surface area contributed by atoms with Crippen molar-refractivity contribution in [1.82, 2.24) is 4.90 Å². The van der Waals surface area contributed by atoms with Crippen molar-refractivity contribution < 1.29 is 37.1 Å². The number of piperidine rings is 2. The van der Waals surface area contributed by atoms with Crippen molar-refractivity contribution in [3.8, 4) is 17.6 Å². The molecule has 2 aliphatic rings. The van der Waals surface area contributed by atoms with Crippen LogP contribution in [0.3, 0.4) is 0 Å². The number of aliphatic hydroxyl groups is 1. The third-order valence-corrected chi connectivity index (χ3v) is 7.77. The Kier molecular flexibility index (Phi) is 12.0. The molecule has 2 fully saturated rings. The monoisotopic (exact) mass is 607 g/mol. The molecule has 1 aromatic heterocycles. The molecule has 0 aliphatic carbocycles. The molecule has 0 spiro atoms. The third-order valence-electron chi connectivity index (χ3n) is 6.68. The Morgan fingerprint density at radius 3 is 2.29 bits per heavy atom. The van der Waals surface area contributed by atoms with Gasteiger partial charge in [-0.2, -0.15) is 13.7 Å². The van der Waals surface area contributed by atoms with Gasteiger partial charge in [0, 0.05) is 43.9 Å². The number of hydrogen-bond donors (Lipinski definition) is 2. The van der Waals surface area contributed by atoms with Crippen LogP contribution >= 0.6 is 11.3 Å². The molecule has 13 heteroatoms. The van der Waals surface area contributed by atoms with E-state index in [9.17, 15) is 23.6 Å². The molecule has 11 nitrogen and oxygen atoms in total. The molecule has 3 heterocycles. The maximum absolute atomic E-state index is 12.4. The first kappa shape index (κ1) is 32.4. The highest BCUT2D eigenvalue weighted by atomic mass is 32.2. The number of benzene rings is 1. The number of likely N-dealkylation sites (tertiary alicyclic amines) is 1. The van der Waals surface area contributed by atoms with Gasteiger partial charge >= 0.3 is 5.97 Å². The van der Waals surface area contributed by atoms with Crippen molar-refractivity contribution in [2.24, 2.45) is 0 Å². The second-order valence-electron chi connectivity index (χ2n) is 9.83. The lowest BCUT2D eigenvalue weighted by molar-refractivity contribution is -0.151. The lowest BCUT2D eigenvalue weighted by atomic mass is 10.1. The molecular formula is C28H37N3O8S2. The number of rotatable bonds is 8. The summed E-state index contributed by atoms with van der Waals surface area (Å²) in [5.41, 5.74) is 1.33. The van der Waals surface area contributed by atoms with Gasteiger partial charge in [-0.15, -0.1) is 11.3 Å². The highest BCUT2D eigenvalue weighted by Gasteiger charge is 2.25. The number of ether oxygens (including phenoxy) is 3. The fourth-order valence-electron chi connectivity index (χ4n) is 4.59. The van der Waals surface area contributed by atoms with Gasteiger partial charge in [-0.3, -0.25) is 14.2 Å². The zero-order chi connectivity index (χ0) is 30.0. The highest BCUT2D eigenvalue weighted by molar-refractivity contribution is 7.85. The van der Waals surface area contributed by atoms with Crippen LogP contribution in [0, 0.1) is 11.3 Å². The minimum absolute atomic E-state index is 0.0568. The van der Waals surface area contributed by atoms with Gasteiger partial charge in [0.15, 0.2) is 11.5 Å². The number of carbonyl (C=O) groups excluding carboxylic acids is 1. The third kappa shape index (κ3) is 10.6. The highest BCUT2D eigenvalue weighted by Crippen LogP contribution is 2.34. The molecule has 0 bridgehead atoms. The first-order valence-corrected chi connectivity index (χ1v) is 15.9. The number of nitriles is 1. The number of allylic oxidation sites excluding steroid dienone is 1. The number of aliphatic hydroxyl groups excluding tert-OH is 1. The van der Waals surface area contributed by atoms with Crippen LogP contribution in [0.1, 0.15) is 36.1 Å². The minimum atomic E-state index is -3.67. The largest absolute Gasteiger partial charge is 0.493 e. The van der Waals surface area contributed by atoms with Gasteiger partial charge in [-0.1, -0.05) is 0 Å². The normalized spacial score (nSPS) is 17.3. The summed E-state index contributed by atoms with van der Waals surface area (Å²) in [7, 11) is -0.505. The maximum Gasteiger partial charge on any atom is 0.320 e. The van der Waals surface area contributed by atoms with Crippen LogP contribution < -0.4 is 14.4 Å².